The second kappa shape index (κ2) is 6.60. The molecule has 0 fully saturated rings. The number of hydrogen-bond acceptors (Lipinski definition) is 3. The van der Waals surface area contributed by atoms with Crippen LogP contribution in [0.4, 0.5) is 5.69 Å². The first kappa shape index (κ1) is 14.6. The maximum atomic E-state index is 12.3. The van der Waals surface area contributed by atoms with Gasteiger partial charge in [0.2, 0.25) is 0 Å². The molecule has 21 heavy (non-hydrogen) atoms. The molecule has 1 amide bonds. The number of benzene rings is 1. The summed E-state index contributed by atoms with van der Waals surface area (Å²) in [6.07, 6.45) is 1.55. The maximum Gasteiger partial charge on any atom is 0.323 e. The molecule has 1 aromatic carbocycles. The van der Waals surface area contributed by atoms with E-state index in [0.29, 0.717) is 18.0 Å². The van der Waals surface area contributed by atoms with Crippen molar-refractivity contribution in [2.75, 3.05) is 11.9 Å². The number of rotatable bonds is 6. The van der Waals surface area contributed by atoms with Gasteiger partial charge in [0.25, 0.3) is 5.91 Å². The summed E-state index contributed by atoms with van der Waals surface area (Å²) in [6, 6.07) is 10.3. The third-order valence-electron chi connectivity index (χ3n) is 2.80. The number of carboxylic acids is 1. The average molecular weight is 288 g/mol. The van der Waals surface area contributed by atoms with Crippen molar-refractivity contribution in [3.8, 4) is 5.75 Å². The molecule has 0 spiro atoms. The third kappa shape index (κ3) is 3.62. The fourth-order valence-corrected chi connectivity index (χ4v) is 1.94. The van der Waals surface area contributed by atoms with Crippen molar-refractivity contribution >= 4 is 17.6 Å². The smallest absolute Gasteiger partial charge is 0.323 e. The van der Waals surface area contributed by atoms with Crippen molar-refractivity contribution in [3.63, 3.8) is 0 Å². The summed E-state index contributed by atoms with van der Waals surface area (Å²) in [7, 11) is 0. The monoisotopic (exact) mass is 288 g/mol. The SMILES string of the molecule is CCOc1ccccc1NC(=O)c1cccn1CC(=O)O. The second-order valence-corrected chi connectivity index (χ2v) is 4.30. The van der Waals surface area contributed by atoms with Crippen LogP contribution >= 0.6 is 0 Å². The number of hydrogen-bond donors (Lipinski definition) is 2. The number of para-hydroxylation sites is 2. The van der Waals surface area contributed by atoms with E-state index in [1.807, 2.05) is 13.0 Å². The number of aliphatic carboxylic acids is 1. The van der Waals surface area contributed by atoms with Gasteiger partial charge in [0.05, 0.1) is 12.3 Å². The zero-order valence-electron chi connectivity index (χ0n) is 11.6. The summed E-state index contributed by atoms with van der Waals surface area (Å²) in [4.78, 5) is 23.0. The number of carboxylic acid groups (broad SMARTS) is 1. The van der Waals surface area contributed by atoms with E-state index in [9.17, 15) is 9.59 Å². The molecule has 0 radical (unpaired) electrons. The van der Waals surface area contributed by atoms with Gasteiger partial charge in [-0.1, -0.05) is 12.1 Å². The van der Waals surface area contributed by atoms with Gasteiger partial charge in [-0.25, -0.2) is 0 Å². The highest BCUT2D eigenvalue weighted by molar-refractivity contribution is 6.04. The summed E-state index contributed by atoms with van der Waals surface area (Å²) in [5.41, 5.74) is 0.830. The number of carbonyl (C=O) groups is 2. The fraction of sp³-hybridized carbons (Fsp3) is 0.200. The summed E-state index contributed by atoms with van der Waals surface area (Å²) in [5.74, 6) is -0.812. The molecule has 0 aliphatic rings. The molecule has 0 aliphatic heterocycles. The summed E-state index contributed by atoms with van der Waals surface area (Å²) >= 11 is 0. The van der Waals surface area contributed by atoms with E-state index in [1.54, 1.807) is 36.5 Å². The van der Waals surface area contributed by atoms with Crippen molar-refractivity contribution in [1.29, 1.82) is 0 Å². The van der Waals surface area contributed by atoms with Gasteiger partial charge >= 0.3 is 5.97 Å². The highest BCUT2D eigenvalue weighted by atomic mass is 16.5. The molecule has 0 atom stereocenters. The molecular weight excluding hydrogens is 272 g/mol. The lowest BCUT2D eigenvalue weighted by Crippen LogP contribution is -2.19. The average Bonchev–Trinajstić information content (AvgIpc) is 2.88. The number of nitrogens with one attached hydrogen (secondary N) is 1. The van der Waals surface area contributed by atoms with Crippen LogP contribution in [0.3, 0.4) is 0 Å². The Morgan fingerprint density at radius 3 is 2.71 bits per heavy atom. The van der Waals surface area contributed by atoms with Crippen LogP contribution in [0.15, 0.2) is 42.6 Å². The van der Waals surface area contributed by atoms with E-state index in [4.69, 9.17) is 9.84 Å². The quantitative estimate of drug-likeness (QED) is 0.854. The van der Waals surface area contributed by atoms with Crippen molar-refractivity contribution in [3.05, 3.63) is 48.3 Å². The van der Waals surface area contributed by atoms with Crippen LogP contribution in [-0.2, 0) is 11.3 Å². The van der Waals surface area contributed by atoms with Crippen LogP contribution in [0.1, 0.15) is 17.4 Å². The zero-order valence-corrected chi connectivity index (χ0v) is 11.6. The van der Waals surface area contributed by atoms with E-state index in [1.165, 1.54) is 4.57 Å². The number of amides is 1. The number of ether oxygens (including phenoxy) is 1. The predicted molar refractivity (Wildman–Crippen MR) is 77.6 cm³/mol. The fourth-order valence-electron chi connectivity index (χ4n) is 1.94. The lowest BCUT2D eigenvalue weighted by Gasteiger charge is -2.12. The number of aromatic nitrogens is 1. The minimum atomic E-state index is -1.00. The normalized spacial score (nSPS) is 10.1. The van der Waals surface area contributed by atoms with E-state index < -0.39 is 5.97 Å². The van der Waals surface area contributed by atoms with Crippen LogP contribution in [0, 0.1) is 0 Å². The van der Waals surface area contributed by atoms with Gasteiger partial charge < -0.3 is 19.7 Å². The Morgan fingerprint density at radius 1 is 1.24 bits per heavy atom. The summed E-state index contributed by atoms with van der Waals surface area (Å²) < 4.78 is 6.81. The topological polar surface area (TPSA) is 80.6 Å². The predicted octanol–water partition coefficient (Wildman–Crippen LogP) is 2.22. The van der Waals surface area contributed by atoms with Crippen LogP contribution in [0.5, 0.6) is 5.75 Å². The van der Waals surface area contributed by atoms with Crippen LogP contribution in [0.25, 0.3) is 0 Å². The van der Waals surface area contributed by atoms with E-state index in [0.717, 1.165) is 0 Å². The Labute approximate surface area is 122 Å². The number of carbonyl (C=O) groups excluding carboxylic acids is 1. The molecular formula is C15H16N2O4. The van der Waals surface area contributed by atoms with Crippen molar-refractivity contribution < 1.29 is 19.4 Å². The van der Waals surface area contributed by atoms with Crippen molar-refractivity contribution in [2.24, 2.45) is 0 Å². The van der Waals surface area contributed by atoms with Gasteiger partial charge in [0.1, 0.15) is 18.0 Å². The molecule has 2 aromatic rings. The Hall–Kier alpha value is -2.76. The van der Waals surface area contributed by atoms with Gasteiger partial charge in [-0.15, -0.1) is 0 Å². The van der Waals surface area contributed by atoms with E-state index in [-0.39, 0.29) is 18.1 Å². The first-order valence-corrected chi connectivity index (χ1v) is 6.52. The first-order chi connectivity index (χ1) is 10.1. The van der Waals surface area contributed by atoms with Gasteiger partial charge in [0, 0.05) is 6.20 Å². The van der Waals surface area contributed by atoms with Crippen LogP contribution < -0.4 is 10.1 Å². The second-order valence-electron chi connectivity index (χ2n) is 4.30. The molecule has 0 aliphatic carbocycles. The molecule has 110 valence electrons. The summed E-state index contributed by atoms with van der Waals surface area (Å²) in [6.45, 7) is 2.09. The van der Waals surface area contributed by atoms with Crippen LogP contribution in [0.2, 0.25) is 0 Å². The van der Waals surface area contributed by atoms with Gasteiger partial charge in [-0.2, -0.15) is 0 Å². The molecule has 6 nitrogen and oxygen atoms in total. The van der Waals surface area contributed by atoms with Gasteiger partial charge in [-0.3, -0.25) is 9.59 Å². The minimum absolute atomic E-state index is 0.261. The van der Waals surface area contributed by atoms with Gasteiger partial charge in [-0.05, 0) is 31.2 Å². The van der Waals surface area contributed by atoms with E-state index >= 15 is 0 Å². The third-order valence-corrected chi connectivity index (χ3v) is 2.80. The highest BCUT2D eigenvalue weighted by Crippen LogP contribution is 2.24. The molecule has 0 saturated carbocycles. The largest absolute Gasteiger partial charge is 0.492 e. The maximum absolute atomic E-state index is 12.3. The van der Waals surface area contributed by atoms with Crippen molar-refractivity contribution in [2.45, 2.75) is 13.5 Å². The Morgan fingerprint density at radius 2 is 2.00 bits per heavy atom. The molecule has 1 heterocycles. The first-order valence-electron chi connectivity index (χ1n) is 6.52. The Bertz CT molecular complexity index is 649. The molecule has 6 heteroatoms. The lowest BCUT2D eigenvalue weighted by molar-refractivity contribution is -0.137. The lowest BCUT2D eigenvalue weighted by atomic mass is 10.2. The zero-order chi connectivity index (χ0) is 15.2. The van der Waals surface area contributed by atoms with Crippen molar-refractivity contribution in [1.82, 2.24) is 4.57 Å². The number of nitrogens with zero attached hydrogens (tertiary/aromatic N) is 1. The molecule has 2 N–H and O–H groups in total. The Kier molecular flexibility index (Phi) is 4.61. The molecule has 0 bridgehead atoms. The highest BCUT2D eigenvalue weighted by Gasteiger charge is 2.14. The molecule has 1 aromatic heterocycles. The minimum Gasteiger partial charge on any atom is -0.492 e. The standard InChI is InChI=1S/C15H16N2O4/c1-2-21-13-8-4-3-6-11(13)16-15(20)12-7-5-9-17(12)10-14(18)19/h3-9H,2,10H2,1H3,(H,16,20)(H,18,19). The van der Waals surface area contributed by atoms with E-state index in [2.05, 4.69) is 5.32 Å². The molecule has 0 unspecified atom stereocenters. The van der Waals surface area contributed by atoms with Crippen LogP contribution in [-0.4, -0.2) is 28.2 Å². The molecule has 2 rings (SSSR count). The molecule has 0 saturated heterocycles. The Balaban J connectivity index is 2.19. The van der Waals surface area contributed by atoms with Gasteiger partial charge in [0.15, 0.2) is 0 Å². The summed E-state index contributed by atoms with van der Waals surface area (Å²) in [5, 5.41) is 11.6. The number of anilines is 1.